The van der Waals surface area contributed by atoms with Crippen molar-refractivity contribution in [2.24, 2.45) is 0 Å². The van der Waals surface area contributed by atoms with Gasteiger partial charge in [0.2, 0.25) is 0 Å². The Balaban J connectivity index is 1.99. The lowest BCUT2D eigenvalue weighted by Gasteiger charge is -2.25. The van der Waals surface area contributed by atoms with Gasteiger partial charge in [-0.2, -0.15) is 0 Å². The molecule has 0 bridgehead atoms. The largest absolute Gasteiger partial charge is 0.381 e. The first-order valence-corrected chi connectivity index (χ1v) is 6.75. The van der Waals surface area contributed by atoms with E-state index in [1.165, 1.54) is 16.8 Å². The van der Waals surface area contributed by atoms with Crippen LogP contribution in [0.3, 0.4) is 0 Å². The van der Waals surface area contributed by atoms with Crippen LogP contribution in [0.4, 0.5) is 5.69 Å². The highest BCUT2D eigenvalue weighted by molar-refractivity contribution is 5.54. The van der Waals surface area contributed by atoms with Crippen LogP contribution in [-0.4, -0.2) is 33.4 Å². The van der Waals surface area contributed by atoms with Crippen molar-refractivity contribution in [2.75, 3.05) is 32.2 Å². The van der Waals surface area contributed by atoms with Crippen molar-refractivity contribution in [2.45, 2.75) is 32.4 Å². The van der Waals surface area contributed by atoms with Crippen LogP contribution in [-0.2, 0) is 11.3 Å². The van der Waals surface area contributed by atoms with E-state index in [1.807, 2.05) is 0 Å². The molecule has 1 aromatic rings. The van der Waals surface area contributed by atoms with Crippen LogP contribution in [0.5, 0.6) is 0 Å². The number of hydrogen-bond donors (Lipinski definition) is 1. The van der Waals surface area contributed by atoms with Gasteiger partial charge in [-0.05, 0) is 37.0 Å². The number of nitrogens with one attached hydrogen (secondary N) is 1. The number of benzene rings is 1. The number of anilines is 1. The van der Waals surface area contributed by atoms with Crippen LogP contribution in [0.2, 0.25) is 0 Å². The van der Waals surface area contributed by atoms with Gasteiger partial charge in [0, 0.05) is 45.6 Å². The van der Waals surface area contributed by atoms with Crippen LogP contribution in [0, 0.1) is 6.92 Å². The zero-order valence-electron chi connectivity index (χ0n) is 11.7. The third-order valence-electron chi connectivity index (χ3n) is 3.53. The minimum Gasteiger partial charge on any atom is -0.381 e. The van der Waals surface area contributed by atoms with Gasteiger partial charge in [0.25, 0.3) is 0 Å². The highest BCUT2D eigenvalue weighted by atomic mass is 16.5. The molecule has 0 aromatic heterocycles. The molecule has 0 amide bonds. The fourth-order valence-corrected chi connectivity index (χ4v) is 2.40. The molecule has 3 nitrogen and oxygen atoms in total. The van der Waals surface area contributed by atoms with Gasteiger partial charge in [0.15, 0.2) is 0 Å². The van der Waals surface area contributed by atoms with Crippen LogP contribution in [0.25, 0.3) is 0 Å². The molecule has 1 N–H and O–H groups in total. The van der Waals surface area contributed by atoms with Crippen molar-refractivity contribution < 1.29 is 4.74 Å². The van der Waals surface area contributed by atoms with Gasteiger partial charge in [-0.25, -0.2) is 0 Å². The van der Waals surface area contributed by atoms with Crippen molar-refractivity contribution in [3.8, 4) is 0 Å². The molecule has 100 valence electrons. The molecule has 2 rings (SSSR count). The maximum absolute atomic E-state index is 5.38. The van der Waals surface area contributed by atoms with E-state index >= 15 is 0 Å². The molecular formula is C15H24N2O. The quantitative estimate of drug-likeness (QED) is 0.885. The molecule has 0 atom stereocenters. The Bertz CT molecular complexity index is 384. The summed E-state index contributed by atoms with van der Waals surface area (Å²) in [7, 11) is 4.21. The van der Waals surface area contributed by atoms with Crippen LogP contribution in [0.15, 0.2) is 18.2 Å². The highest BCUT2D eigenvalue weighted by Crippen LogP contribution is 2.20. The van der Waals surface area contributed by atoms with Gasteiger partial charge in [-0.15, -0.1) is 0 Å². The predicted molar refractivity (Wildman–Crippen MR) is 76.2 cm³/mol. The summed E-state index contributed by atoms with van der Waals surface area (Å²) in [5.74, 6) is 0. The Labute approximate surface area is 110 Å². The van der Waals surface area contributed by atoms with Gasteiger partial charge < -0.3 is 15.0 Å². The van der Waals surface area contributed by atoms with E-state index in [1.54, 1.807) is 0 Å². The molecule has 0 radical (unpaired) electrons. The summed E-state index contributed by atoms with van der Waals surface area (Å²) < 4.78 is 5.38. The maximum atomic E-state index is 5.38. The summed E-state index contributed by atoms with van der Waals surface area (Å²) in [5, 5.41) is 3.65. The molecule has 18 heavy (non-hydrogen) atoms. The third-order valence-corrected chi connectivity index (χ3v) is 3.53. The number of nitrogens with zero attached hydrogens (tertiary/aromatic N) is 1. The van der Waals surface area contributed by atoms with Crippen LogP contribution >= 0.6 is 0 Å². The van der Waals surface area contributed by atoms with Gasteiger partial charge in [0.1, 0.15) is 0 Å². The van der Waals surface area contributed by atoms with E-state index < -0.39 is 0 Å². The zero-order chi connectivity index (χ0) is 13.0. The van der Waals surface area contributed by atoms with Crippen LogP contribution in [0.1, 0.15) is 24.0 Å². The summed E-state index contributed by atoms with van der Waals surface area (Å²) in [5.41, 5.74) is 4.00. The number of hydrogen-bond acceptors (Lipinski definition) is 3. The molecule has 0 unspecified atom stereocenters. The predicted octanol–water partition coefficient (Wildman–Crippen LogP) is 2.33. The first-order chi connectivity index (χ1) is 8.66. The summed E-state index contributed by atoms with van der Waals surface area (Å²) in [6.45, 7) is 4.87. The monoisotopic (exact) mass is 248 g/mol. The van der Waals surface area contributed by atoms with Crippen molar-refractivity contribution in [1.29, 1.82) is 0 Å². The Morgan fingerprint density at radius 3 is 2.67 bits per heavy atom. The molecule has 3 heteroatoms. The van der Waals surface area contributed by atoms with Crippen molar-refractivity contribution >= 4 is 5.69 Å². The summed E-state index contributed by atoms with van der Waals surface area (Å²) in [4.78, 5) is 2.19. The first kappa shape index (κ1) is 13.4. The van der Waals surface area contributed by atoms with Crippen molar-refractivity contribution in [1.82, 2.24) is 5.32 Å². The maximum Gasteiger partial charge on any atom is 0.0480 e. The van der Waals surface area contributed by atoms with Crippen LogP contribution < -0.4 is 10.2 Å². The van der Waals surface area contributed by atoms with E-state index in [2.05, 4.69) is 49.4 Å². The minimum atomic E-state index is 0.607. The molecule has 1 aliphatic heterocycles. The lowest BCUT2D eigenvalue weighted by Crippen LogP contribution is -2.34. The number of ether oxygens (including phenoxy) is 1. The standard InChI is InChI=1S/C15H24N2O/c1-12-4-5-13(15(10-12)17(2)3)11-16-14-6-8-18-9-7-14/h4-5,10,14,16H,6-9,11H2,1-3H3. The Morgan fingerprint density at radius 1 is 1.28 bits per heavy atom. The average Bonchev–Trinajstić information content (AvgIpc) is 2.38. The molecule has 1 heterocycles. The van der Waals surface area contributed by atoms with E-state index in [4.69, 9.17) is 4.74 Å². The van der Waals surface area contributed by atoms with E-state index in [0.717, 1.165) is 32.6 Å². The summed E-state index contributed by atoms with van der Waals surface area (Å²) in [6.07, 6.45) is 2.26. The average molecular weight is 248 g/mol. The zero-order valence-corrected chi connectivity index (χ0v) is 11.7. The fraction of sp³-hybridized carbons (Fsp3) is 0.600. The van der Waals surface area contributed by atoms with Gasteiger partial charge >= 0.3 is 0 Å². The molecular weight excluding hydrogens is 224 g/mol. The normalized spacial score (nSPS) is 16.8. The Morgan fingerprint density at radius 2 is 2.00 bits per heavy atom. The summed E-state index contributed by atoms with van der Waals surface area (Å²) in [6, 6.07) is 7.28. The molecule has 0 aliphatic carbocycles. The molecule has 1 aromatic carbocycles. The topological polar surface area (TPSA) is 24.5 Å². The molecule has 1 aliphatic rings. The Hall–Kier alpha value is -1.06. The van der Waals surface area contributed by atoms with E-state index in [9.17, 15) is 0 Å². The molecule has 1 saturated heterocycles. The SMILES string of the molecule is Cc1ccc(CNC2CCOCC2)c(N(C)C)c1. The first-order valence-electron chi connectivity index (χ1n) is 6.75. The van der Waals surface area contributed by atoms with Gasteiger partial charge in [0.05, 0.1) is 0 Å². The highest BCUT2D eigenvalue weighted by Gasteiger charge is 2.13. The fourth-order valence-electron chi connectivity index (χ4n) is 2.40. The van der Waals surface area contributed by atoms with Gasteiger partial charge in [-0.3, -0.25) is 0 Å². The lowest BCUT2D eigenvalue weighted by atomic mass is 10.1. The van der Waals surface area contributed by atoms with E-state index in [-0.39, 0.29) is 0 Å². The lowest BCUT2D eigenvalue weighted by molar-refractivity contribution is 0.0776. The second kappa shape index (κ2) is 6.21. The Kier molecular flexibility index (Phi) is 4.61. The second-order valence-electron chi connectivity index (χ2n) is 5.29. The second-order valence-corrected chi connectivity index (χ2v) is 5.29. The number of rotatable bonds is 4. The molecule has 0 saturated carbocycles. The molecule has 0 spiro atoms. The van der Waals surface area contributed by atoms with Gasteiger partial charge in [-0.1, -0.05) is 12.1 Å². The summed E-state index contributed by atoms with van der Waals surface area (Å²) >= 11 is 0. The van der Waals surface area contributed by atoms with E-state index in [0.29, 0.717) is 6.04 Å². The van der Waals surface area contributed by atoms with Crippen molar-refractivity contribution in [3.05, 3.63) is 29.3 Å². The number of aryl methyl sites for hydroxylation is 1. The van der Waals surface area contributed by atoms with Crippen molar-refractivity contribution in [3.63, 3.8) is 0 Å². The minimum absolute atomic E-state index is 0.607. The smallest absolute Gasteiger partial charge is 0.0480 e. The third kappa shape index (κ3) is 3.47. The molecule has 1 fully saturated rings.